The summed E-state index contributed by atoms with van der Waals surface area (Å²) >= 11 is 0. The second-order valence-corrected chi connectivity index (χ2v) is 1.18. The van der Waals surface area contributed by atoms with Crippen LogP contribution in [0.25, 0.3) is 0 Å². The summed E-state index contributed by atoms with van der Waals surface area (Å²) in [5, 5.41) is 0. The molecule has 0 aliphatic carbocycles. The van der Waals surface area contributed by atoms with Crippen molar-refractivity contribution in [3.05, 3.63) is 13.5 Å². The number of rotatable bonds is 2. The van der Waals surface area contributed by atoms with Crippen molar-refractivity contribution in [3.63, 3.8) is 0 Å². The zero-order chi connectivity index (χ0) is 4.99. The first-order valence-corrected chi connectivity index (χ1v) is 2.03. The van der Waals surface area contributed by atoms with Crippen molar-refractivity contribution in [1.29, 1.82) is 0 Å². The zero-order valence-electron chi connectivity index (χ0n) is 5.42. The van der Waals surface area contributed by atoms with Gasteiger partial charge in [0.15, 0.2) is 0 Å². The standard InChI is InChI=1S/C5H10O.2Y/c1-4-6-5(2)3;;/h4-5H,2H2,1,3H3;;/q-2;;/t5-;;/m1../s1. The Morgan fingerprint density at radius 1 is 1.50 bits per heavy atom. The molecule has 1 nitrogen and oxygen atoms in total. The van der Waals surface area contributed by atoms with Crippen LogP contribution in [-0.2, 0) is 70.2 Å². The van der Waals surface area contributed by atoms with Crippen LogP contribution in [0.5, 0.6) is 0 Å². The summed E-state index contributed by atoms with van der Waals surface area (Å²) in [5.74, 6) is 0. The quantitative estimate of drug-likeness (QED) is 0.685. The van der Waals surface area contributed by atoms with Gasteiger partial charge in [-0.3, -0.25) is 0 Å². The van der Waals surface area contributed by atoms with Crippen molar-refractivity contribution in [2.75, 3.05) is 0 Å². The van der Waals surface area contributed by atoms with E-state index in [1.807, 2.05) is 13.8 Å². The van der Waals surface area contributed by atoms with Crippen LogP contribution in [0, 0.1) is 13.5 Å². The molecule has 2 radical (unpaired) electrons. The Bertz CT molecular complexity index is 31.6. The fourth-order valence-corrected chi connectivity index (χ4v) is 0.232. The van der Waals surface area contributed by atoms with Gasteiger partial charge in [0.2, 0.25) is 0 Å². The fourth-order valence-electron chi connectivity index (χ4n) is 0.232. The van der Waals surface area contributed by atoms with Crippen LogP contribution in [0.15, 0.2) is 0 Å². The van der Waals surface area contributed by atoms with Crippen molar-refractivity contribution in [1.82, 2.24) is 0 Å². The molecule has 0 N–H and O–H groups in total. The molecule has 0 aromatic rings. The molecule has 0 saturated heterocycles. The molecule has 0 aromatic carbocycles. The van der Waals surface area contributed by atoms with E-state index >= 15 is 0 Å². The van der Waals surface area contributed by atoms with E-state index in [9.17, 15) is 0 Å². The molecule has 0 amide bonds. The van der Waals surface area contributed by atoms with Crippen LogP contribution in [-0.4, -0.2) is 6.10 Å². The SMILES string of the molecule is [CH2-][C@H](C)O[CH-]C.[Y].[Y]. The van der Waals surface area contributed by atoms with E-state index in [0.717, 1.165) is 0 Å². The van der Waals surface area contributed by atoms with Crippen molar-refractivity contribution >= 4 is 0 Å². The summed E-state index contributed by atoms with van der Waals surface area (Å²) < 4.78 is 4.81. The Morgan fingerprint density at radius 2 is 1.88 bits per heavy atom. The minimum absolute atomic E-state index is 0. The second-order valence-electron chi connectivity index (χ2n) is 1.18. The van der Waals surface area contributed by atoms with Gasteiger partial charge in [0.05, 0.1) is 0 Å². The van der Waals surface area contributed by atoms with E-state index in [0.29, 0.717) is 0 Å². The largest absolute Gasteiger partial charge is 0.575 e. The molecule has 8 heavy (non-hydrogen) atoms. The minimum Gasteiger partial charge on any atom is -0.575 e. The van der Waals surface area contributed by atoms with Gasteiger partial charge in [-0.1, -0.05) is 6.92 Å². The van der Waals surface area contributed by atoms with Crippen LogP contribution in [0.3, 0.4) is 0 Å². The molecule has 0 saturated carbocycles. The monoisotopic (exact) mass is 264 g/mol. The Labute approximate surface area is 102 Å². The van der Waals surface area contributed by atoms with Crippen molar-refractivity contribution in [2.45, 2.75) is 20.0 Å². The van der Waals surface area contributed by atoms with Gasteiger partial charge in [-0.05, 0) is 0 Å². The molecule has 0 unspecified atom stereocenters. The van der Waals surface area contributed by atoms with Gasteiger partial charge in [-0.15, -0.1) is 6.10 Å². The van der Waals surface area contributed by atoms with E-state index in [1.165, 1.54) is 0 Å². The summed E-state index contributed by atoms with van der Waals surface area (Å²) in [4.78, 5) is 0. The predicted octanol–water partition coefficient (Wildman–Crippen LogP) is 1.40. The van der Waals surface area contributed by atoms with Crippen LogP contribution in [0.4, 0.5) is 0 Å². The number of ether oxygens (including phenoxy) is 1. The maximum Gasteiger partial charge on any atom is 0 e. The average Bonchev–Trinajstić information content (AvgIpc) is 1.35. The maximum absolute atomic E-state index is 4.81. The van der Waals surface area contributed by atoms with Gasteiger partial charge in [0.1, 0.15) is 0 Å². The first-order chi connectivity index (χ1) is 2.77. The molecule has 0 bridgehead atoms. The molecule has 1 atom stereocenters. The van der Waals surface area contributed by atoms with Gasteiger partial charge >= 0.3 is 0 Å². The summed E-state index contributed by atoms with van der Waals surface area (Å²) in [6, 6.07) is 0. The van der Waals surface area contributed by atoms with Crippen molar-refractivity contribution < 1.29 is 70.2 Å². The van der Waals surface area contributed by atoms with E-state index in [1.54, 1.807) is 6.61 Å². The van der Waals surface area contributed by atoms with Crippen LogP contribution in [0.1, 0.15) is 13.8 Å². The van der Waals surface area contributed by atoms with Crippen LogP contribution in [0.2, 0.25) is 0 Å². The molecule has 0 heterocycles. The Kier molecular flexibility index (Phi) is 24.8. The molecular formula is C5H10OY2-2. The smallest absolute Gasteiger partial charge is 0 e. The summed E-state index contributed by atoms with van der Waals surface area (Å²) in [5.41, 5.74) is 0. The molecule has 0 spiro atoms. The fraction of sp³-hybridized carbons (Fsp3) is 0.600. The van der Waals surface area contributed by atoms with Gasteiger partial charge in [0.25, 0.3) is 0 Å². The Balaban J connectivity index is -0.000000125. The average molecular weight is 264 g/mol. The molecule has 44 valence electrons. The molecule has 3 heteroatoms. The molecule has 0 rings (SSSR count). The molecule has 0 fully saturated rings. The van der Waals surface area contributed by atoms with Crippen molar-refractivity contribution in [2.24, 2.45) is 0 Å². The van der Waals surface area contributed by atoms with Gasteiger partial charge < -0.3 is 11.7 Å². The van der Waals surface area contributed by atoms with E-state index in [4.69, 9.17) is 4.74 Å². The van der Waals surface area contributed by atoms with E-state index in [2.05, 4.69) is 6.92 Å². The molecule has 0 aliphatic heterocycles. The maximum atomic E-state index is 4.81. The summed E-state index contributed by atoms with van der Waals surface area (Å²) in [6.07, 6.45) is 0.0926. The molecule has 0 aromatic heterocycles. The third-order valence-corrected chi connectivity index (χ3v) is 0.368. The first kappa shape index (κ1) is 16.6. The van der Waals surface area contributed by atoms with Gasteiger partial charge in [-0.25, -0.2) is 6.61 Å². The number of hydrogen-bond donors (Lipinski definition) is 0. The number of hydrogen-bond acceptors (Lipinski definition) is 1. The third-order valence-electron chi connectivity index (χ3n) is 0.368. The summed E-state index contributed by atoms with van der Waals surface area (Å²) in [7, 11) is 0. The Morgan fingerprint density at radius 3 is 1.88 bits per heavy atom. The molecule has 0 aliphatic rings. The zero-order valence-corrected chi connectivity index (χ0v) is 11.1. The minimum atomic E-state index is 0. The first-order valence-electron chi connectivity index (χ1n) is 2.03. The molecular weight excluding hydrogens is 254 g/mol. The van der Waals surface area contributed by atoms with Gasteiger partial charge in [0, 0.05) is 65.4 Å². The van der Waals surface area contributed by atoms with Crippen molar-refractivity contribution in [3.8, 4) is 0 Å². The Hall–Kier alpha value is 2.17. The third kappa shape index (κ3) is 15.7. The normalized spacial score (nSPS) is 10.9. The summed E-state index contributed by atoms with van der Waals surface area (Å²) in [6.45, 7) is 8.94. The van der Waals surface area contributed by atoms with Crippen LogP contribution >= 0.6 is 0 Å². The topological polar surface area (TPSA) is 9.23 Å². The predicted molar refractivity (Wildman–Crippen MR) is 25.9 cm³/mol. The van der Waals surface area contributed by atoms with E-state index in [-0.39, 0.29) is 71.5 Å². The second kappa shape index (κ2) is 11.9. The van der Waals surface area contributed by atoms with Gasteiger partial charge in [-0.2, -0.15) is 6.92 Å². The van der Waals surface area contributed by atoms with E-state index < -0.39 is 0 Å². The van der Waals surface area contributed by atoms with Crippen LogP contribution < -0.4 is 0 Å².